The Labute approximate surface area is 233 Å². The van der Waals surface area contributed by atoms with E-state index >= 15 is 0 Å². The van der Waals surface area contributed by atoms with Gasteiger partial charge < -0.3 is 19.9 Å². The number of carbonyl (C=O) groups is 1. The maximum atomic E-state index is 13.8. The predicted octanol–water partition coefficient (Wildman–Crippen LogP) is 6.67. The monoisotopic (exact) mass is 534 g/mol. The number of aromatic hydroxyl groups is 1. The van der Waals surface area contributed by atoms with Crippen molar-refractivity contribution in [1.82, 2.24) is 9.88 Å². The lowest BCUT2D eigenvalue weighted by Gasteiger charge is -2.25. The Morgan fingerprint density at radius 3 is 2.25 bits per heavy atom. The highest BCUT2D eigenvalue weighted by Gasteiger charge is 2.19. The first kappa shape index (κ1) is 26.8. The van der Waals surface area contributed by atoms with Crippen LogP contribution in [0.5, 0.6) is 5.88 Å². The number of halogens is 1. The molecule has 0 radical (unpaired) electrons. The minimum atomic E-state index is -0.393. The molecular weight excluding hydrogens is 503 g/mol. The summed E-state index contributed by atoms with van der Waals surface area (Å²) in [4.78, 5) is 24.2. The summed E-state index contributed by atoms with van der Waals surface area (Å²) >= 11 is 0. The van der Waals surface area contributed by atoms with Gasteiger partial charge >= 0.3 is 0 Å². The van der Waals surface area contributed by atoms with Crippen molar-refractivity contribution in [2.24, 2.45) is 4.99 Å². The largest absolute Gasteiger partial charge is 0.494 e. The lowest BCUT2D eigenvalue weighted by molar-refractivity contribution is -0.116. The number of nitrogens with zero attached hydrogens (tertiary/aromatic N) is 3. The molecule has 0 aliphatic heterocycles. The minimum Gasteiger partial charge on any atom is -0.494 e. The van der Waals surface area contributed by atoms with Crippen molar-refractivity contribution in [2.45, 2.75) is 13.5 Å². The molecule has 0 spiro atoms. The average molecular weight is 535 g/mol. The normalized spacial score (nSPS) is 11.8. The van der Waals surface area contributed by atoms with Crippen molar-refractivity contribution in [3.8, 4) is 5.88 Å². The van der Waals surface area contributed by atoms with E-state index in [0.717, 1.165) is 17.8 Å². The molecule has 0 saturated heterocycles. The first-order valence-corrected chi connectivity index (χ1v) is 13.1. The summed E-state index contributed by atoms with van der Waals surface area (Å²) in [5, 5.41) is 11.5. The number of H-pyrrole nitrogens is 1. The number of hydrogen-bond donors (Lipinski definition) is 2. The lowest BCUT2D eigenvalue weighted by Crippen LogP contribution is -2.36. The van der Waals surface area contributed by atoms with Crippen LogP contribution in [0.2, 0.25) is 0 Å². The highest BCUT2D eigenvalue weighted by molar-refractivity contribution is 6.21. The molecule has 0 bridgehead atoms. The fourth-order valence-electron chi connectivity index (χ4n) is 4.81. The Kier molecular flexibility index (Phi) is 8.03. The number of aromatic nitrogens is 1. The SMILES string of the molecule is CC(=O)N(CCN(C)Cc1ccccc1)c1ccc(N=C(c2ccccc2)c2c(O)[nH]c3cc(F)ccc23)cc1. The van der Waals surface area contributed by atoms with Crippen molar-refractivity contribution < 1.29 is 14.3 Å². The van der Waals surface area contributed by atoms with Crippen LogP contribution in [0.25, 0.3) is 10.9 Å². The van der Waals surface area contributed by atoms with E-state index in [0.29, 0.717) is 41.0 Å². The Bertz CT molecular complexity index is 1630. The van der Waals surface area contributed by atoms with Crippen molar-refractivity contribution in [3.63, 3.8) is 0 Å². The number of hydrogen-bond acceptors (Lipinski definition) is 4. The van der Waals surface area contributed by atoms with E-state index in [1.165, 1.54) is 17.7 Å². The van der Waals surface area contributed by atoms with Gasteiger partial charge in [0.1, 0.15) is 5.82 Å². The predicted molar refractivity (Wildman–Crippen MR) is 159 cm³/mol. The molecule has 40 heavy (non-hydrogen) atoms. The third-order valence-corrected chi connectivity index (χ3v) is 6.81. The molecule has 1 aromatic heterocycles. The minimum absolute atomic E-state index is 0.0368. The van der Waals surface area contributed by atoms with Crippen LogP contribution in [0.4, 0.5) is 15.8 Å². The van der Waals surface area contributed by atoms with E-state index in [9.17, 15) is 14.3 Å². The third kappa shape index (κ3) is 6.11. The summed E-state index contributed by atoms with van der Waals surface area (Å²) < 4.78 is 13.8. The fraction of sp³-hybridized carbons (Fsp3) is 0.152. The van der Waals surface area contributed by atoms with Gasteiger partial charge in [-0.3, -0.25) is 4.79 Å². The molecule has 0 fully saturated rings. The molecule has 6 nitrogen and oxygen atoms in total. The topological polar surface area (TPSA) is 71.9 Å². The van der Waals surface area contributed by atoms with Crippen molar-refractivity contribution in [3.05, 3.63) is 126 Å². The fourth-order valence-corrected chi connectivity index (χ4v) is 4.81. The number of amides is 1. The van der Waals surface area contributed by atoms with Gasteiger partial charge in [0.15, 0.2) is 5.88 Å². The molecule has 0 aliphatic rings. The molecule has 1 amide bonds. The maximum absolute atomic E-state index is 13.8. The zero-order valence-corrected chi connectivity index (χ0v) is 22.5. The van der Waals surface area contributed by atoms with Crippen molar-refractivity contribution >= 4 is 33.9 Å². The van der Waals surface area contributed by atoms with Crippen LogP contribution in [0.1, 0.15) is 23.6 Å². The van der Waals surface area contributed by atoms with Crippen LogP contribution in [0.3, 0.4) is 0 Å². The molecule has 5 rings (SSSR count). The van der Waals surface area contributed by atoms with Crippen LogP contribution >= 0.6 is 0 Å². The maximum Gasteiger partial charge on any atom is 0.223 e. The summed E-state index contributed by atoms with van der Waals surface area (Å²) in [5.41, 5.74) is 5.00. The van der Waals surface area contributed by atoms with Crippen molar-refractivity contribution in [1.29, 1.82) is 0 Å². The highest BCUT2D eigenvalue weighted by atomic mass is 19.1. The van der Waals surface area contributed by atoms with Gasteiger partial charge in [-0.15, -0.1) is 0 Å². The number of rotatable bonds is 9. The van der Waals surface area contributed by atoms with Crippen LogP contribution in [-0.2, 0) is 11.3 Å². The van der Waals surface area contributed by atoms with Gasteiger partial charge in [0.25, 0.3) is 0 Å². The molecule has 202 valence electrons. The van der Waals surface area contributed by atoms with Crippen LogP contribution in [0, 0.1) is 5.82 Å². The number of anilines is 1. The third-order valence-electron chi connectivity index (χ3n) is 6.81. The molecule has 1 heterocycles. The second-order valence-corrected chi connectivity index (χ2v) is 9.78. The Morgan fingerprint density at radius 1 is 0.900 bits per heavy atom. The molecule has 0 aliphatic carbocycles. The van der Waals surface area contributed by atoms with Gasteiger partial charge in [0.05, 0.1) is 22.5 Å². The quantitative estimate of drug-likeness (QED) is 0.208. The van der Waals surface area contributed by atoms with E-state index in [-0.39, 0.29) is 11.8 Å². The van der Waals surface area contributed by atoms with Gasteiger partial charge in [-0.1, -0.05) is 60.7 Å². The molecular formula is C33H31FN4O2. The first-order chi connectivity index (χ1) is 19.4. The summed E-state index contributed by atoms with van der Waals surface area (Å²) in [6.07, 6.45) is 0. The first-order valence-electron chi connectivity index (χ1n) is 13.1. The Hall–Kier alpha value is -4.75. The zero-order valence-electron chi connectivity index (χ0n) is 22.5. The second kappa shape index (κ2) is 12.0. The van der Waals surface area contributed by atoms with E-state index in [2.05, 4.69) is 22.0 Å². The summed E-state index contributed by atoms with van der Waals surface area (Å²) in [6.45, 7) is 3.64. The zero-order chi connectivity index (χ0) is 28.1. The van der Waals surface area contributed by atoms with Crippen LogP contribution < -0.4 is 4.90 Å². The highest BCUT2D eigenvalue weighted by Crippen LogP contribution is 2.32. The van der Waals surface area contributed by atoms with Crippen LogP contribution in [0.15, 0.2) is 108 Å². The van der Waals surface area contributed by atoms with Crippen LogP contribution in [-0.4, -0.2) is 46.7 Å². The lowest BCUT2D eigenvalue weighted by atomic mass is 10.0. The Morgan fingerprint density at radius 2 is 1.57 bits per heavy atom. The van der Waals surface area contributed by atoms with Gasteiger partial charge in [-0.05, 0) is 55.1 Å². The summed E-state index contributed by atoms with van der Waals surface area (Å²) in [6, 6.07) is 31.6. The molecule has 4 aromatic carbocycles. The summed E-state index contributed by atoms with van der Waals surface area (Å²) in [5.74, 6) is -0.511. The number of fused-ring (bicyclic) bond motifs is 1. The van der Waals surface area contributed by atoms with E-state index < -0.39 is 5.82 Å². The molecule has 0 atom stereocenters. The van der Waals surface area contributed by atoms with E-state index in [1.54, 1.807) is 17.9 Å². The molecule has 2 N–H and O–H groups in total. The summed E-state index contributed by atoms with van der Waals surface area (Å²) in [7, 11) is 2.04. The van der Waals surface area contributed by atoms with Gasteiger partial charge in [0, 0.05) is 43.2 Å². The number of aromatic amines is 1. The standard InChI is InChI=1S/C33H31FN4O2/c1-23(39)38(20-19-37(2)22-24-9-5-3-6-10-24)28-16-14-27(15-17-28)35-32(25-11-7-4-8-12-25)31-29-18-13-26(34)21-30(29)36-33(31)40/h3-18,21,36,40H,19-20,22H2,1-2H3. The molecule has 0 saturated carbocycles. The average Bonchev–Trinajstić information content (AvgIpc) is 3.27. The smallest absolute Gasteiger partial charge is 0.223 e. The van der Waals surface area contributed by atoms with E-state index in [4.69, 9.17) is 4.99 Å². The molecule has 0 unspecified atom stereocenters. The number of likely N-dealkylation sites (N-methyl/N-ethyl adjacent to an activating group) is 1. The van der Waals surface area contributed by atoms with Gasteiger partial charge in [-0.2, -0.15) is 0 Å². The number of nitrogens with one attached hydrogen (secondary N) is 1. The number of benzene rings is 4. The van der Waals surface area contributed by atoms with Crippen molar-refractivity contribution in [2.75, 3.05) is 25.0 Å². The number of carbonyl (C=O) groups excluding carboxylic acids is 1. The molecule has 7 heteroatoms. The molecule has 5 aromatic rings. The van der Waals surface area contributed by atoms with Gasteiger partial charge in [0.2, 0.25) is 5.91 Å². The number of aliphatic imine (C=N–C) groups is 1. The van der Waals surface area contributed by atoms with E-state index in [1.807, 2.05) is 79.8 Å². The second-order valence-electron chi connectivity index (χ2n) is 9.78. The van der Waals surface area contributed by atoms with Gasteiger partial charge in [-0.25, -0.2) is 9.38 Å². The Balaban J connectivity index is 1.41.